The largest absolute Gasteiger partial charge is 0.476 e. The first-order valence-electron chi connectivity index (χ1n) is 5.76. The smallest absolute Gasteiger partial charge is 0.356 e. The number of aromatic nitrogens is 4. The molecule has 3 aromatic heterocycles. The van der Waals surface area contributed by atoms with Crippen LogP contribution in [0.3, 0.4) is 0 Å². The highest BCUT2D eigenvalue weighted by atomic mass is 35.5. The maximum atomic E-state index is 11.2. The minimum absolute atomic E-state index is 0.0138. The second-order valence-corrected chi connectivity index (χ2v) is 4.72. The lowest BCUT2D eigenvalue weighted by atomic mass is 10.1. The zero-order chi connectivity index (χ0) is 14.3. The Balaban J connectivity index is 2.27. The van der Waals surface area contributed by atoms with Gasteiger partial charge < -0.3 is 5.11 Å². The minimum atomic E-state index is -1.08. The van der Waals surface area contributed by atoms with Crippen molar-refractivity contribution in [1.29, 1.82) is 0 Å². The van der Waals surface area contributed by atoms with E-state index in [4.69, 9.17) is 16.7 Å². The van der Waals surface area contributed by atoms with Gasteiger partial charge in [-0.2, -0.15) is 5.10 Å². The van der Waals surface area contributed by atoms with Crippen molar-refractivity contribution in [2.75, 3.05) is 0 Å². The van der Waals surface area contributed by atoms with Crippen LogP contribution >= 0.6 is 11.6 Å². The third-order valence-corrected chi connectivity index (χ3v) is 3.08. The number of halogens is 1. The lowest BCUT2D eigenvalue weighted by Gasteiger charge is -2.05. The Hall–Kier alpha value is -2.47. The third-order valence-electron chi connectivity index (χ3n) is 2.87. The fraction of sp³-hybridized carbons (Fsp3) is 0.0769. The normalized spacial score (nSPS) is 10.9. The van der Waals surface area contributed by atoms with Crippen LogP contribution in [0.15, 0.2) is 30.7 Å². The first-order valence-corrected chi connectivity index (χ1v) is 6.13. The average Bonchev–Trinajstić information content (AvgIpc) is 2.83. The zero-order valence-electron chi connectivity index (χ0n) is 10.4. The fourth-order valence-electron chi connectivity index (χ4n) is 1.96. The molecule has 0 saturated heterocycles. The molecule has 0 aliphatic rings. The number of aromatic carboxylic acids is 1. The highest BCUT2D eigenvalue weighted by molar-refractivity contribution is 6.30. The number of nitrogens with zero attached hydrogens (tertiary/aromatic N) is 4. The summed E-state index contributed by atoms with van der Waals surface area (Å²) in [6.07, 6.45) is 4.44. The molecule has 0 saturated carbocycles. The number of pyridine rings is 1. The molecule has 3 rings (SSSR count). The van der Waals surface area contributed by atoms with Gasteiger partial charge in [0.05, 0.1) is 16.9 Å². The minimum Gasteiger partial charge on any atom is -0.476 e. The number of hydrogen-bond acceptors (Lipinski definition) is 4. The van der Waals surface area contributed by atoms with E-state index in [2.05, 4.69) is 15.1 Å². The molecule has 20 heavy (non-hydrogen) atoms. The Labute approximate surface area is 118 Å². The van der Waals surface area contributed by atoms with E-state index < -0.39 is 5.97 Å². The molecule has 6 nitrogen and oxygen atoms in total. The van der Waals surface area contributed by atoms with Crippen molar-refractivity contribution >= 4 is 23.2 Å². The van der Waals surface area contributed by atoms with Gasteiger partial charge in [-0.15, -0.1) is 0 Å². The molecule has 0 spiro atoms. The number of carboxylic acids is 1. The summed E-state index contributed by atoms with van der Waals surface area (Å²) >= 11 is 5.91. The Morgan fingerprint density at radius 1 is 1.30 bits per heavy atom. The van der Waals surface area contributed by atoms with E-state index in [9.17, 15) is 4.79 Å². The van der Waals surface area contributed by atoms with Gasteiger partial charge in [0.2, 0.25) is 0 Å². The molecule has 0 amide bonds. The second kappa shape index (κ2) is 4.57. The predicted octanol–water partition coefficient (Wildman–Crippen LogP) is 2.45. The van der Waals surface area contributed by atoms with Crippen molar-refractivity contribution in [3.8, 4) is 11.3 Å². The SMILES string of the molecule is Cc1cc(-c2cncc(Cl)c2)nn2c(C(=O)O)cnc12. The molecule has 0 atom stereocenters. The Bertz CT molecular complexity index is 828. The van der Waals surface area contributed by atoms with Crippen LogP contribution in [0.1, 0.15) is 16.1 Å². The third kappa shape index (κ3) is 2.00. The van der Waals surface area contributed by atoms with E-state index >= 15 is 0 Å². The number of imidazole rings is 1. The molecule has 0 fully saturated rings. The average molecular weight is 289 g/mol. The number of aryl methyl sites for hydroxylation is 1. The molecule has 3 aromatic rings. The molecule has 0 bridgehead atoms. The standard InChI is InChI=1S/C13H9ClN4O2/c1-7-2-10(8-3-9(14)5-15-4-8)17-18-11(13(19)20)6-16-12(7)18/h2-6H,1H3,(H,19,20). The van der Waals surface area contributed by atoms with Crippen molar-refractivity contribution in [2.24, 2.45) is 0 Å². The van der Waals surface area contributed by atoms with Gasteiger partial charge in [0, 0.05) is 18.0 Å². The maximum absolute atomic E-state index is 11.2. The molecule has 100 valence electrons. The van der Waals surface area contributed by atoms with Crippen LogP contribution in [0.5, 0.6) is 0 Å². The Morgan fingerprint density at radius 2 is 2.10 bits per heavy atom. The van der Waals surface area contributed by atoms with Crippen molar-refractivity contribution in [3.05, 3.63) is 47.0 Å². The predicted molar refractivity (Wildman–Crippen MR) is 72.9 cm³/mol. The molecule has 1 N–H and O–H groups in total. The van der Waals surface area contributed by atoms with Gasteiger partial charge in [-0.3, -0.25) is 4.98 Å². The van der Waals surface area contributed by atoms with Gasteiger partial charge in [0.15, 0.2) is 11.3 Å². The van der Waals surface area contributed by atoms with E-state index in [-0.39, 0.29) is 5.69 Å². The van der Waals surface area contributed by atoms with Crippen molar-refractivity contribution in [2.45, 2.75) is 6.92 Å². The van der Waals surface area contributed by atoms with E-state index in [0.29, 0.717) is 21.9 Å². The first kappa shape index (κ1) is 12.6. The summed E-state index contributed by atoms with van der Waals surface area (Å²) in [5, 5.41) is 13.9. The maximum Gasteiger partial charge on any atom is 0.356 e. The number of hydrogen-bond donors (Lipinski definition) is 1. The molecule has 3 heterocycles. The lowest BCUT2D eigenvalue weighted by Crippen LogP contribution is -2.06. The fourth-order valence-corrected chi connectivity index (χ4v) is 2.13. The van der Waals surface area contributed by atoms with Crippen LogP contribution in [0.4, 0.5) is 0 Å². The molecule has 7 heteroatoms. The summed E-state index contributed by atoms with van der Waals surface area (Å²) in [7, 11) is 0. The number of rotatable bonds is 2. The number of carbonyl (C=O) groups is 1. The van der Waals surface area contributed by atoms with Crippen LogP contribution in [0, 0.1) is 6.92 Å². The molecular weight excluding hydrogens is 280 g/mol. The molecule has 0 aliphatic heterocycles. The van der Waals surface area contributed by atoms with Gasteiger partial charge in [0.1, 0.15) is 0 Å². The second-order valence-electron chi connectivity index (χ2n) is 4.29. The van der Waals surface area contributed by atoms with Crippen LogP contribution in [-0.4, -0.2) is 30.7 Å². The molecule has 0 radical (unpaired) electrons. The highest BCUT2D eigenvalue weighted by Gasteiger charge is 2.14. The van der Waals surface area contributed by atoms with Gasteiger partial charge in [0.25, 0.3) is 0 Å². The van der Waals surface area contributed by atoms with E-state index in [1.165, 1.54) is 16.9 Å². The van der Waals surface area contributed by atoms with E-state index in [1.54, 1.807) is 12.3 Å². The summed E-state index contributed by atoms with van der Waals surface area (Å²) in [6, 6.07) is 3.54. The van der Waals surface area contributed by atoms with Crippen LogP contribution in [0.2, 0.25) is 5.02 Å². The summed E-state index contributed by atoms with van der Waals surface area (Å²) in [5.41, 5.74) is 2.65. The zero-order valence-corrected chi connectivity index (χ0v) is 11.2. The Kier molecular flexibility index (Phi) is 2.87. The topological polar surface area (TPSA) is 80.4 Å². The lowest BCUT2D eigenvalue weighted by molar-refractivity contribution is 0.0688. The highest BCUT2D eigenvalue weighted by Crippen LogP contribution is 2.22. The first-order chi connectivity index (χ1) is 9.56. The monoisotopic (exact) mass is 288 g/mol. The molecule has 0 aliphatic carbocycles. The van der Waals surface area contributed by atoms with Gasteiger partial charge in [-0.05, 0) is 24.6 Å². The molecule has 0 unspecified atom stereocenters. The summed E-state index contributed by atoms with van der Waals surface area (Å²) in [6.45, 7) is 1.84. The van der Waals surface area contributed by atoms with Crippen LogP contribution in [-0.2, 0) is 0 Å². The summed E-state index contributed by atoms with van der Waals surface area (Å²) in [4.78, 5) is 19.2. The number of fused-ring (bicyclic) bond motifs is 1. The van der Waals surface area contributed by atoms with Crippen LogP contribution in [0.25, 0.3) is 16.9 Å². The van der Waals surface area contributed by atoms with Crippen molar-refractivity contribution in [1.82, 2.24) is 19.6 Å². The van der Waals surface area contributed by atoms with Gasteiger partial charge >= 0.3 is 5.97 Å². The Morgan fingerprint density at radius 3 is 2.80 bits per heavy atom. The van der Waals surface area contributed by atoms with E-state index in [1.807, 2.05) is 13.0 Å². The summed E-state index contributed by atoms with van der Waals surface area (Å²) in [5.74, 6) is -1.08. The summed E-state index contributed by atoms with van der Waals surface area (Å²) < 4.78 is 1.31. The molecular formula is C13H9ClN4O2. The van der Waals surface area contributed by atoms with E-state index in [0.717, 1.165) is 5.56 Å². The molecule has 0 aromatic carbocycles. The number of carboxylic acid groups (broad SMARTS) is 1. The van der Waals surface area contributed by atoms with Crippen molar-refractivity contribution < 1.29 is 9.90 Å². The quantitative estimate of drug-likeness (QED) is 0.783. The van der Waals surface area contributed by atoms with Crippen LogP contribution < -0.4 is 0 Å². The van der Waals surface area contributed by atoms with Gasteiger partial charge in [-0.1, -0.05) is 11.6 Å². The van der Waals surface area contributed by atoms with Crippen molar-refractivity contribution in [3.63, 3.8) is 0 Å². The van der Waals surface area contributed by atoms with Gasteiger partial charge in [-0.25, -0.2) is 14.3 Å².